The van der Waals surface area contributed by atoms with Crippen LogP contribution in [0.2, 0.25) is 0 Å². The molecule has 0 saturated heterocycles. The molecule has 0 atom stereocenters. The molecule has 2 aliphatic rings. The average Bonchev–Trinajstić information content (AvgIpc) is 2.95. The predicted octanol–water partition coefficient (Wildman–Crippen LogP) is 2.84. The molecule has 1 fully saturated rings. The fourth-order valence-corrected chi connectivity index (χ4v) is 3.29. The lowest BCUT2D eigenvalue weighted by Crippen LogP contribution is -2.35. The van der Waals surface area contributed by atoms with E-state index in [1.54, 1.807) is 29.1 Å². The molecule has 0 N–H and O–H groups in total. The van der Waals surface area contributed by atoms with E-state index < -0.39 is 0 Å². The molecule has 0 amide bonds. The second kappa shape index (κ2) is 4.58. The maximum atomic E-state index is 12.2. The van der Waals surface area contributed by atoms with Crippen molar-refractivity contribution in [2.24, 2.45) is 0 Å². The average molecular weight is 280 g/mol. The van der Waals surface area contributed by atoms with Gasteiger partial charge in [0.25, 0.3) is 5.56 Å². The summed E-state index contributed by atoms with van der Waals surface area (Å²) in [6, 6.07) is 7.12. The van der Waals surface area contributed by atoms with Gasteiger partial charge in [-0.1, -0.05) is 6.07 Å². The Hall–Kier alpha value is -2.36. The van der Waals surface area contributed by atoms with Crippen LogP contribution in [0.1, 0.15) is 31.2 Å². The summed E-state index contributed by atoms with van der Waals surface area (Å²) in [6.45, 7) is 0. The highest BCUT2D eigenvalue weighted by molar-refractivity contribution is 5.73. The first kappa shape index (κ1) is 12.4. The zero-order valence-corrected chi connectivity index (χ0v) is 11.7. The van der Waals surface area contributed by atoms with Crippen molar-refractivity contribution in [3.8, 4) is 5.75 Å². The minimum atomic E-state index is -0.277. The van der Waals surface area contributed by atoms with E-state index in [-0.39, 0.29) is 11.2 Å². The molecule has 4 rings (SSSR count). The Morgan fingerprint density at radius 1 is 1.19 bits per heavy atom. The summed E-state index contributed by atoms with van der Waals surface area (Å²) < 4.78 is 7.91. The van der Waals surface area contributed by atoms with E-state index in [1.165, 1.54) is 0 Å². The Kier molecular flexibility index (Phi) is 2.70. The topological polar surface area (TPSA) is 44.1 Å². The largest absolute Gasteiger partial charge is 0.481 e. The van der Waals surface area contributed by atoms with Gasteiger partial charge in [-0.2, -0.15) is 0 Å². The summed E-state index contributed by atoms with van der Waals surface area (Å²) in [5, 5.41) is 0. The Labute approximate surface area is 122 Å². The molecule has 21 heavy (non-hydrogen) atoms. The number of fused-ring (bicyclic) bond motifs is 1. The fraction of sp³-hybridized carbons (Fsp3) is 0.294. The molecule has 0 bridgehead atoms. The van der Waals surface area contributed by atoms with Gasteiger partial charge in [0.2, 0.25) is 0 Å². The molecule has 4 nitrogen and oxygen atoms in total. The van der Waals surface area contributed by atoms with E-state index in [4.69, 9.17) is 4.74 Å². The smallest absolute Gasteiger partial charge is 0.255 e. The standard InChI is InChI=1S/C17H16N2O2/c20-16-5-1-4-10-19(16)14-11-17(7-2-3-8-17)21-15-12-18-9-6-13(14)15/h1,4-6,9-12H,2-3,7-8H2. The van der Waals surface area contributed by atoms with Crippen LogP contribution in [0.15, 0.2) is 53.7 Å². The zero-order chi connectivity index (χ0) is 14.3. The second-order valence-corrected chi connectivity index (χ2v) is 5.68. The fourth-order valence-electron chi connectivity index (χ4n) is 3.29. The van der Waals surface area contributed by atoms with Crippen LogP contribution in [0.4, 0.5) is 0 Å². The third-order valence-electron chi connectivity index (χ3n) is 4.31. The van der Waals surface area contributed by atoms with E-state index in [9.17, 15) is 4.79 Å². The number of aromatic nitrogens is 2. The second-order valence-electron chi connectivity index (χ2n) is 5.68. The van der Waals surface area contributed by atoms with Gasteiger partial charge in [-0.05, 0) is 43.9 Å². The lowest BCUT2D eigenvalue weighted by molar-refractivity contribution is 0.123. The molecule has 4 heteroatoms. The van der Waals surface area contributed by atoms with Gasteiger partial charge in [0.05, 0.1) is 11.9 Å². The van der Waals surface area contributed by atoms with Crippen molar-refractivity contribution in [3.63, 3.8) is 0 Å². The highest BCUT2D eigenvalue weighted by atomic mass is 16.5. The molecule has 1 aliphatic carbocycles. The van der Waals surface area contributed by atoms with Crippen LogP contribution in [-0.4, -0.2) is 15.2 Å². The van der Waals surface area contributed by atoms with Crippen LogP contribution in [0.5, 0.6) is 5.75 Å². The first-order valence-electron chi connectivity index (χ1n) is 7.32. The van der Waals surface area contributed by atoms with Crippen molar-refractivity contribution < 1.29 is 4.74 Å². The monoisotopic (exact) mass is 280 g/mol. The Morgan fingerprint density at radius 2 is 2.05 bits per heavy atom. The van der Waals surface area contributed by atoms with Crippen molar-refractivity contribution in [3.05, 3.63) is 64.8 Å². The first-order chi connectivity index (χ1) is 10.3. The maximum Gasteiger partial charge on any atom is 0.255 e. The third-order valence-corrected chi connectivity index (χ3v) is 4.31. The number of ether oxygens (including phenoxy) is 1. The number of rotatable bonds is 1. The van der Waals surface area contributed by atoms with Gasteiger partial charge in [-0.3, -0.25) is 14.3 Å². The Balaban J connectivity index is 1.95. The summed E-state index contributed by atoms with van der Waals surface area (Å²) in [4.78, 5) is 16.4. The van der Waals surface area contributed by atoms with Gasteiger partial charge in [-0.15, -0.1) is 0 Å². The predicted molar refractivity (Wildman–Crippen MR) is 80.1 cm³/mol. The highest BCUT2D eigenvalue weighted by Crippen LogP contribution is 2.43. The molecular weight excluding hydrogens is 264 g/mol. The van der Waals surface area contributed by atoms with E-state index >= 15 is 0 Å². The molecule has 0 aromatic carbocycles. The van der Waals surface area contributed by atoms with Gasteiger partial charge in [0.1, 0.15) is 11.4 Å². The van der Waals surface area contributed by atoms with E-state index in [0.29, 0.717) is 0 Å². The van der Waals surface area contributed by atoms with Crippen LogP contribution in [0, 0.1) is 0 Å². The lowest BCUT2D eigenvalue weighted by Gasteiger charge is -2.33. The number of pyridine rings is 2. The van der Waals surface area contributed by atoms with Crippen molar-refractivity contribution in [2.75, 3.05) is 0 Å². The summed E-state index contributed by atoms with van der Waals surface area (Å²) in [5.41, 5.74) is 1.53. The SMILES string of the molecule is O=c1ccccn1C1=CC2(CCCC2)Oc2cnccc21. The Bertz CT molecular complexity index is 770. The van der Waals surface area contributed by atoms with Crippen molar-refractivity contribution in [1.29, 1.82) is 0 Å². The maximum absolute atomic E-state index is 12.2. The van der Waals surface area contributed by atoms with Gasteiger partial charge >= 0.3 is 0 Å². The van der Waals surface area contributed by atoms with Crippen LogP contribution in [0.3, 0.4) is 0 Å². The van der Waals surface area contributed by atoms with E-state index in [1.807, 2.05) is 18.3 Å². The minimum Gasteiger partial charge on any atom is -0.481 e. The van der Waals surface area contributed by atoms with Crippen LogP contribution >= 0.6 is 0 Å². The van der Waals surface area contributed by atoms with Gasteiger partial charge in [0.15, 0.2) is 0 Å². The summed E-state index contributed by atoms with van der Waals surface area (Å²) in [7, 11) is 0. The zero-order valence-electron chi connectivity index (χ0n) is 11.7. The molecule has 1 spiro atoms. The normalized spacial score (nSPS) is 19.0. The molecule has 106 valence electrons. The lowest BCUT2D eigenvalue weighted by atomic mass is 9.95. The minimum absolute atomic E-state index is 0.0263. The van der Waals surface area contributed by atoms with E-state index in [0.717, 1.165) is 42.7 Å². The van der Waals surface area contributed by atoms with Crippen molar-refractivity contribution in [1.82, 2.24) is 9.55 Å². The van der Waals surface area contributed by atoms with Gasteiger partial charge in [0, 0.05) is 24.0 Å². The molecule has 0 radical (unpaired) electrons. The first-order valence-corrected chi connectivity index (χ1v) is 7.32. The van der Waals surface area contributed by atoms with Crippen molar-refractivity contribution >= 4 is 5.70 Å². The summed E-state index contributed by atoms with van der Waals surface area (Å²) >= 11 is 0. The van der Waals surface area contributed by atoms with E-state index in [2.05, 4.69) is 11.1 Å². The third kappa shape index (κ3) is 1.98. The number of hydrogen-bond acceptors (Lipinski definition) is 3. The molecule has 0 unspecified atom stereocenters. The molecular formula is C17H16N2O2. The molecule has 3 heterocycles. The quantitative estimate of drug-likeness (QED) is 0.807. The van der Waals surface area contributed by atoms with Crippen LogP contribution in [-0.2, 0) is 0 Å². The molecule has 2 aromatic rings. The highest BCUT2D eigenvalue weighted by Gasteiger charge is 2.38. The van der Waals surface area contributed by atoms with Crippen molar-refractivity contribution in [2.45, 2.75) is 31.3 Å². The van der Waals surface area contributed by atoms with Gasteiger partial charge < -0.3 is 4.74 Å². The number of hydrogen-bond donors (Lipinski definition) is 0. The van der Waals surface area contributed by atoms with Crippen LogP contribution in [0.25, 0.3) is 5.70 Å². The number of nitrogens with zero attached hydrogens (tertiary/aromatic N) is 2. The molecule has 2 aromatic heterocycles. The Morgan fingerprint density at radius 3 is 2.86 bits per heavy atom. The molecule has 1 saturated carbocycles. The summed E-state index contributed by atoms with van der Waals surface area (Å²) in [6.07, 6.45) is 11.7. The van der Waals surface area contributed by atoms with Crippen LogP contribution < -0.4 is 10.3 Å². The summed E-state index contributed by atoms with van der Waals surface area (Å²) in [5.74, 6) is 0.771. The van der Waals surface area contributed by atoms with Gasteiger partial charge in [-0.25, -0.2) is 0 Å². The molecule has 1 aliphatic heterocycles.